The third kappa shape index (κ3) is 5.93. The zero-order valence-corrected chi connectivity index (χ0v) is 16.7. The number of carbonyl (C=O) groups is 2. The molecule has 6 nitrogen and oxygen atoms in total. The molecule has 134 valence electrons. The lowest BCUT2D eigenvalue weighted by Crippen LogP contribution is -2.49. The van der Waals surface area contributed by atoms with Crippen molar-refractivity contribution in [2.24, 2.45) is 11.8 Å². The normalized spacial score (nSPS) is 23.7. The van der Waals surface area contributed by atoms with Crippen molar-refractivity contribution in [3.63, 3.8) is 0 Å². The molecule has 0 unspecified atom stereocenters. The Morgan fingerprint density at radius 3 is 2.62 bits per heavy atom. The van der Waals surface area contributed by atoms with Crippen LogP contribution in [-0.4, -0.2) is 39.7 Å². The first kappa shape index (κ1) is 19.5. The summed E-state index contributed by atoms with van der Waals surface area (Å²) in [5.41, 5.74) is 0. The molecule has 1 saturated carbocycles. The Hall–Kier alpha value is -0.800. The summed E-state index contributed by atoms with van der Waals surface area (Å²) in [4.78, 5) is 23.9. The standard InChI is InChI=1S/C15H24N4O2S3/c1-4-22-14-18-19-15(24-14)23-8-12(20)17-13(21)16-11-7-5-6-9(2)10(11)3/h9-11H,4-8H2,1-3H3,(H2,16,17,20,21)/t9-,10-,11-/m1/s1. The van der Waals surface area contributed by atoms with Crippen LogP contribution in [0.15, 0.2) is 8.68 Å². The number of rotatable bonds is 6. The first-order chi connectivity index (χ1) is 11.5. The van der Waals surface area contributed by atoms with Crippen LogP contribution in [0, 0.1) is 11.8 Å². The molecule has 0 aliphatic heterocycles. The van der Waals surface area contributed by atoms with Gasteiger partial charge in [-0.15, -0.1) is 10.2 Å². The maximum absolute atomic E-state index is 12.0. The SMILES string of the molecule is CCSc1nnc(SCC(=O)NC(=O)N[C@@H]2CCC[C@@H](C)[C@H]2C)s1. The van der Waals surface area contributed by atoms with Gasteiger partial charge in [-0.3, -0.25) is 10.1 Å². The minimum Gasteiger partial charge on any atom is -0.335 e. The van der Waals surface area contributed by atoms with E-state index in [1.165, 1.54) is 29.5 Å². The van der Waals surface area contributed by atoms with Crippen LogP contribution in [0.3, 0.4) is 0 Å². The zero-order valence-electron chi connectivity index (χ0n) is 14.2. The molecular weight excluding hydrogens is 364 g/mol. The Labute approximate surface area is 155 Å². The molecular formula is C15H24N4O2S3. The minimum absolute atomic E-state index is 0.144. The van der Waals surface area contributed by atoms with E-state index in [1.807, 2.05) is 0 Å². The average molecular weight is 389 g/mol. The van der Waals surface area contributed by atoms with Gasteiger partial charge in [-0.1, -0.05) is 68.5 Å². The van der Waals surface area contributed by atoms with Crippen LogP contribution in [0.25, 0.3) is 0 Å². The van der Waals surface area contributed by atoms with E-state index in [2.05, 4.69) is 41.6 Å². The molecule has 1 aliphatic carbocycles. The van der Waals surface area contributed by atoms with Crippen molar-refractivity contribution in [3.05, 3.63) is 0 Å². The van der Waals surface area contributed by atoms with Crippen molar-refractivity contribution in [2.75, 3.05) is 11.5 Å². The van der Waals surface area contributed by atoms with Gasteiger partial charge in [0.2, 0.25) is 5.91 Å². The van der Waals surface area contributed by atoms with Gasteiger partial charge in [-0.05, 0) is 24.0 Å². The summed E-state index contributed by atoms with van der Waals surface area (Å²) < 4.78 is 1.65. The lowest BCUT2D eigenvalue weighted by atomic mass is 9.78. The lowest BCUT2D eigenvalue weighted by molar-refractivity contribution is -0.117. The van der Waals surface area contributed by atoms with Crippen LogP contribution in [0.2, 0.25) is 0 Å². The summed E-state index contributed by atoms with van der Waals surface area (Å²) in [5.74, 6) is 1.83. The molecule has 1 fully saturated rings. The fourth-order valence-corrected chi connectivity index (χ4v) is 5.43. The topological polar surface area (TPSA) is 84.0 Å². The molecule has 0 spiro atoms. The van der Waals surface area contributed by atoms with Gasteiger partial charge in [-0.2, -0.15) is 0 Å². The Balaban J connectivity index is 1.72. The van der Waals surface area contributed by atoms with Crippen molar-refractivity contribution in [1.29, 1.82) is 0 Å². The van der Waals surface area contributed by atoms with Crippen LogP contribution in [0.1, 0.15) is 40.0 Å². The number of carbonyl (C=O) groups excluding carboxylic acids is 2. The second kappa shape index (κ2) is 9.62. The molecule has 1 aromatic rings. The van der Waals surface area contributed by atoms with Crippen molar-refractivity contribution in [1.82, 2.24) is 20.8 Å². The predicted octanol–water partition coefficient (Wildman–Crippen LogP) is 3.39. The van der Waals surface area contributed by atoms with Crippen molar-refractivity contribution in [3.8, 4) is 0 Å². The van der Waals surface area contributed by atoms with E-state index in [0.29, 0.717) is 11.8 Å². The van der Waals surface area contributed by atoms with Gasteiger partial charge in [-0.25, -0.2) is 4.79 Å². The molecule has 3 amide bonds. The largest absolute Gasteiger partial charge is 0.335 e. The molecule has 2 rings (SSSR count). The van der Waals surface area contributed by atoms with Gasteiger partial charge in [0.25, 0.3) is 0 Å². The number of thioether (sulfide) groups is 2. The monoisotopic (exact) mass is 388 g/mol. The molecule has 0 saturated heterocycles. The quantitative estimate of drug-likeness (QED) is 0.727. The first-order valence-corrected chi connectivity index (χ1v) is 11.0. The smallest absolute Gasteiger partial charge is 0.321 e. The molecule has 0 radical (unpaired) electrons. The maximum Gasteiger partial charge on any atom is 0.321 e. The van der Waals surface area contributed by atoms with Crippen molar-refractivity contribution in [2.45, 2.75) is 54.8 Å². The first-order valence-electron chi connectivity index (χ1n) is 8.19. The summed E-state index contributed by atoms with van der Waals surface area (Å²) in [6.07, 6.45) is 3.30. The van der Waals surface area contributed by atoms with E-state index in [0.717, 1.165) is 27.3 Å². The summed E-state index contributed by atoms with van der Waals surface area (Å²) in [7, 11) is 0. The molecule has 0 aromatic carbocycles. The molecule has 9 heteroatoms. The van der Waals surface area contributed by atoms with E-state index in [4.69, 9.17) is 0 Å². The highest BCUT2D eigenvalue weighted by Gasteiger charge is 2.28. The number of imide groups is 1. The van der Waals surface area contributed by atoms with Gasteiger partial charge in [0.05, 0.1) is 5.75 Å². The van der Waals surface area contributed by atoms with Crippen LogP contribution in [-0.2, 0) is 4.79 Å². The highest BCUT2D eigenvalue weighted by molar-refractivity contribution is 8.03. The fraction of sp³-hybridized carbons (Fsp3) is 0.733. The zero-order chi connectivity index (χ0) is 17.5. The van der Waals surface area contributed by atoms with Gasteiger partial charge in [0.15, 0.2) is 8.68 Å². The minimum atomic E-state index is -0.397. The van der Waals surface area contributed by atoms with Gasteiger partial charge >= 0.3 is 6.03 Å². The summed E-state index contributed by atoms with van der Waals surface area (Å²) >= 11 is 4.40. The molecule has 1 aromatic heterocycles. The van der Waals surface area contributed by atoms with E-state index in [-0.39, 0.29) is 17.7 Å². The number of hydrogen-bond acceptors (Lipinski definition) is 7. The van der Waals surface area contributed by atoms with Crippen molar-refractivity contribution >= 4 is 46.8 Å². The lowest BCUT2D eigenvalue weighted by Gasteiger charge is -2.34. The summed E-state index contributed by atoms with van der Waals surface area (Å²) in [6.45, 7) is 6.43. The Bertz CT molecular complexity index is 567. The number of nitrogens with zero attached hydrogens (tertiary/aromatic N) is 2. The number of aromatic nitrogens is 2. The summed E-state index contributed by atoms with van der Waals surface area (Å²) in [5, 5.41) is 13.4. The van der Waals surface area contributed by atoms with E-state index < -0.39 is 6.03 Å². The molecule has 3 atom stereocenters. The number of hydrogen-bond donors (Lipinski definition) is 2. The fourth-order valence-electron chi connectivity index (χ4n) is 2.72. The van der Waals surface area contributed by atoms with Crippen LogP contribution in [0.5, 0.6) is 0 Å². The third-order valence-corrected chi connectivity index (χ3v) is 7.33. The predicted molar refractivity (Wildman–Crippen MR) is 99.7 cm³/mol. The van der Waals surface area contributed by atoms with E-state index >= 15 is 0 Å². The van der Waals surface area contributed by atoms with E-state index in [9.17, 15) is 9.59 Å². The van der Waals surface area contributed by atoms with Crippen LogP contribution in [0.4, 0.5) is 4.79 Å². The Morgan fingerprint density at radius 2 is 1.92 bits per heavy atom. The van der Waals surface area contributed by atoms with Gasteiger partial charge in [0, 0.05) is 6.04 Å². The molecule has 2 N–H and O–H groups in total. The number of nitrogens with one attached hydrogen (secondary N) is 2. The Morgan fingerprint density at radius 1 is 1.21 bits per heavy atom. The average Bonchev–Trinajstić information content (AvgIpc) is 2.98. The van der Waals surface area contributed by atoms with Gasteiger partial charge in [0.1, 0.15) is 0 Å². The highest BCUT2D eigenvalue weighted by atomic mass is 32.2. The highest BCUT2D eigenvalue weighted by Crippen LogP contribution is 2.30. The molecule has 24 heavy (non-hydrogen) atoms. The second-order valence-electron chi connectivity index (χ2n) is 5.95. The molecule has 0 bridgehead atoms. The van der Waals surface area contributed by atoms with Crippen LogP contribution < -0.4 is 10.6 Å². The maximum atomic E-state index is 12.0. The molecule has 1 heterocycles. The van der Waals surface area contributed by atoms with E-state index in [1.54, 1.807) is 11.8 Å². The third-order valence-electron chi connectivity index (χ3n) is 4.26. The number of urea groups is 1. The van der Waals surface area contributed by atoms with Crippen molar-refractivity contribution < 1.29 is 9.59 Å². The Kier molecular flexibility index (Phi) is 7.83. The molecule has 1 aliphatic rings. The second-order valence-corrected chi connectivity index (χ2v) is 9.66. The summed E-state index contributed by atoms with van der Waals surface area (Å²) in [6, 6.07) is -0.253. The van der Waals surface area contributed by atoms with Crippen LogP contribution >= 0.6 is 34.9 Å². The van der Waals surface area contributed by atoms with Gasteiger partial charge < -0.3 is 5.32 Å². The number of amides is 3.